The summed E-state index contributed by atoms with van der Waals surface area (Å²) >= 11 is 6.92. The Kier molecular flexibility index (Phi) is 7.51. The van der Waals surface area contributed by atoms with Crippen LogP contribution in [0.25, 0.3) is 16.7 Å². The fourth-order valence-electron chi connectivity index (χ4n) is 6.16. The Hall–Kier alpha value is -3.26. The highest BCUT2D eigenvalue weighted by atomic mass is 35.5. The highest BCUT2D eigenvalue weighted by Gasteiger charge is 2.34. The Morgan fingerprint density at radius 3 is 2.54 bits per heavy atom. The number of rotatable bonds is 5. The van der Waals surface area contributed by atoms with E-state index in [0.29, 0.717) is 29.6 Å². The molecule has 9 heteroatoms. The van der Waals surface area contributed by atoms with Gasteiger partial charge in [-0.05, 0) is 63.3 Å². The summed E-state index contributed by atoms with van der Waals surface area (Å²) in [5.41, 5.74) is 3.50. The molecular weight excluding hydrogens is 512 g/mol. The van der Waals surface area contributed by atoms with Gasteiger partial charge in [0, 0.05) is 37.3 Å². The summed E-state index contributed by atoms with van der Waals surface area (Å²) in [6.45, 7) is 14.8. The first-order valence-corrected chi connectivity index (χ1v) is 14.3. The van der Waals surface area contributed by atoms with Crippen molar-refractivity contribution in [3.8, 4) is 5.69 Å². The van der Waals surface area contributed by atoms with Crippen molar-refractivity contribution in [1.82, 2.24) is 24.4 Å². The molecule has 0 N–H and O–H groups in total. The van der Waals surface area contributed by atoms with E-state index in [4.69, 9.17) is 16.6 Å². The number of amides is 1. The SMILES string of the molecule is C=CC(=O)N1CC(C)N(c2nc(=O)n(-c3c(C)ccnc3C(C)C)c3nc(C4CCCC4)c(Cl)cc23)CC1C. The van der Waals surface area contributed by atoms with Crippen LogP contribution in [-0.2, 0) is 4.79 Å². The topological polar surface area (TPSA) is 84.2 Å². The molecule has 1 aliphatic heterocycles. The van der Waals surface area contributed by atoms with Crippen molar-refractivity contribution in [2.45, 2.75) is 84.2 Å². The predicted octanol–water partition coefficient (Wildman–Crippen LogP) is 5.53. The molecule has 0 bridgehead atoms. The molecule has 206 valence electrons. The van der Waals surface area contributed by atoms with Gasteiger partial charge in [-0.25, -0.2) is 14.3 Å². The highest BCUT2D eigenvalue weighted by molar-refractivity contribution is 6.32. The number of carbonyl (C=O) groups is 1. The van der Waals surface area contributed by atoms with Gasteiger partial charge in [0.05, 0.1) is 27.5 Å². The van der Waals surface area contributed by atoms with E-state index in [1.165, 1.54) is 6.08 Å². The van der Waals surface area contributed by atoms with E-state index in [0.717, 1.165) is 53.7 Å². The lowest BCUT2D eigenvalue weighted by atomic mass is 10.0. The van der Waals surface area contributed by atoms with Gasteiger partial charge in [-0.3, -0.25) is 9.78 Å². The molecule has 0 radical (unpaired) electrons. The maximum atomic E-state index is 14.0. The molecule has 1 amide bonds. The Balaban J connectivity index is 1.77. The van der Waals surface area contributed by atoms with Crippen LogP contribution in [0.15, 0.2) is 35.8 Å². The van der Waals surface area contributed by atoms with Gasteiger partial charge in [0.1, 0.15) is 5.82 Å². The van der Waals surface area contributed by atoms with Crippen LogP contribution < -0.4 is 10.6 Å². The van der Waals surface area contributed by atoms with Crippen LogP contribution >= 0.6 is 11.6 Å². The number of aryl methyl sites for hydroxylation is 1. The molecule has 3 aromatic rings. The number of nitrogens with zero attached hydrogens (tertiary/aromatic N) is 6. The maximum absolute atomic E-state index is 14.0. The molecule has 1 saturated heterocycles. The van der Waals surface area contributed by atoms with Crippen molar-refractivity contribution in [3.05, 3.63) is 63.4 Å². The second-order valence-electron chi connectivity index (χ2n) is 11.3. The van der Waals surface area contributed by atoms with Crippen molar-refractivity contribution in [3.63, 3.8) is 0 Å². The third-order valence-electron chi connectivity index (χ3n) is 8.21. The molecule has 1 saturated carbocycles. The standard InChI is InChI=1S/C30H37ClN6O2/c1-7-24(38)35-15-20(6)36(16-19(35)5)28-22-14-23(31)26(21-10-8-9-11-21)33-29(22)37(30(39)34-28)27-18(4)12-13-32-25(27)17(2)3/h7,12-14,17,19-21H,1,8-11,15-16H2,2-6H3. The van der Waals surface area contributed by atoms with Crippen LogP contribution in [0, 0.1) is 6.92 Å². The minimum atomic E-state index is -0.396. The summed E-state index contributed by atoms with van der Waals surface area (Å²) in [4.78, 5) is 44.8. The maximum Gasteiger partial charge on any atom is 0.355 e. The average molecular weight is 549 g/mol. The number of aromatic nitrogens is 4. The van der Waals surface area contributed by atoms with Crippen molar-refractivity contribution >= 4 is 34.4 Å². The molecule has 3 aromatic heterocycles. The molecule has 4 heterocycles. The van der Waals surface area contributed by atoms with Gasteiger partial charge in [0.2, 0.25) is 5.91 Å². The molecule has 5 rings (SSSR count). The molecule has 2 aliphatic rings. The predicted molar refractivity (Wildman–Crippen MR) is 156 cm³/mol. The number of pyridine rings is 2. The minimum Gasteiger partial charge on any atom is -0.349 e. The minimum absolute atomic E-state index is 0.0734. The molecule has 2 atom stereocenters. The van der Waals surface area contributed by atoms with Gasteiger partial charge >= 0.3 is 5.69 Å². The molecule has 8 nitrogen and oxygen atoms in total. The van der Waals surface area contributed by atoms with Crippen LogP contribution in [0.1, 0.15) is 82.2 Å². The number of carbonyl (C=O) groups excluding carboxylic acids is 1. The van der Waals surface area contributed by atoms with Gasteiger partial charge < -0.3 is 9.80 Å². The number of hydrogen-bond donors (Lipinski definition) is 0. The summed E-state index contributed by atoms with van der Waals surface area (Å²) in [7, 11) is 0. The van der Waals surface area contributed by atoms with Crippen LogP contribution in [-0.4, -0.2) is 55.5 Å². The zero-order valence-corrected chi connectivity index (χ0v) is 24.2. The molecular formula is C30H37ClN6O2. The van der Waals surface area contributed by atoms with E-state index in [1.54, 1.807) is 10.8 Å². The third-order valence-corrected chi connectivity index (χ3v) is 8.51. The fourth-order valence-corrected chi connectivity index (χ4v) is 6.46. The van der Waals surface area contributed by atoms with E-state index < -0.39 is 5.69 Å². The fraction of sp³-hybridized carbons (Fsp3) is 0.500. The summed E-state index contributed by atoms with van der Waals surface area (Å²) in [6, 6.07) is 3.70. The van der Waals surface area contributed by atoms with E-state index in [2.05, 4.69) is 35.3 Å². The second-order valence-corrected chi connectivity index (χ2v) is 11.7. The molecule has 2 fully saturated rings. The molecule has 39 heavy (non-hydrogen) atoms. The number of hydrogen-bond acceptors (Lipinski definition) is 6. The normalized spacial score (nSPS) is 20.3. The third kappa shape index (κ3) is 4.84. The van der Waals surface area contributed by atoms with E-state index >= 15 is 0 Å². The quantitative estimate of drug-likeness (QED) is 0.390. The average Bonchev–Trinajstić information content (AvgIpc) is 3.44. The van der Waals surface area contributed by atoms with Crippen molar-refractivity contribution < 1.29 is 4.79 Å². The lowest BCUT2D eigenvalue weighted by molar-refractivity contribution is -0.128. The van der Waals surface area contributed by atoms with Crippen molar-refractivity contribution in [2.75, 3.05) is 18.0 Å². The van der Waals surface area contributed by atoms with E-state index in [9.17, 15) is 9.59 Å². The Morgan fingerprint density at radius 2 is 1.87 bits per heavy atom. The van der Waals surface area contributed by atoms with Crippen LogP contribution in [0.5, 0.6) is 0 Å². The highest BCUT2D eigenvalue weighted by Crippen LogP contribution is 2.39. The summed E-state index contributed by atoms with van der Waals surface area (Å²) in [6.07, 6.45) is 7.51. The van der Waals surface area contributed by atoms with Gasteiger partial charge in [-0.2, -0.15) is 4.98 Å². The Morgan fingerprint density at radius 1 is 1.15 bits per heavy atom. The number of anilines is 1. The lowest BCUT2D eigenvalue weighted by Crippen LogP contribution is -2.58. The summed E-state index contributed by atoms with van der Waals surface area (Å²) in [5, 5.41) is 1.33. The number of fused-ring (bicyclic) bond motifs is 1. The van der Waals surface area contributed by atoms with Crippen molar-refractivity contribution in [1.29, 1.82) is 0 Å². The van der Waals surface area contributed by atoms with Crippen LogP contribution in [0.2, 0.25) is 5.02 Å². The Bertz CT molecular complexity index is 1490. The van der Waals surface area contributed by atoms with Gasteiger partial charge in [0.25, 0.3) is 0 Å². The Labute approximate surface area is 234 Å². The van der Waals surface area contributed by atoms with Crippen molar-refractivity contribution in [2.24, 2.45) is 0 Å². The van der Waals surface area contributed by atoms with Crippen LogP contribution in [0.3, 0.4) is 0 Å². The zero-order chi connectivity index (χ0) is 28.0. The monoisotopic (exact) mass is 548 g/mol. The molecule has 1 aliphatic carbocycles. The number of halogens is 1. The zero-order valence-electron chi connectivity index (χ0n) is 23.4. The first kappa shape index (κ1) is 27.3. The first-order valence-electron chi connectivity index (χ1n) is 13.9. The first-order chi connectivity index (χ1) is 18.6. The van der Waals surface area contributed by atoms with E-state index in [-0.39, 0.29) is 29.8 Å². The van der Waals surface area contributed by atoms with E-state index in [1.807, 2.05) is 37.8 Å². The molecule has 0 aromatic carbocycles. The molecule has 2 unspecified atom stereocenters. The summed E-state index contributed by atoms with van der Waals surface area (Å²) in [5.74, 6) is 0.825. The number of piperazine rings is 1. The second kappa shape index (κ2) is 10.7. The van der Waals surface area contributed by atoms with Gasteiger partial charge in [-0.1, -0.05) is 44.9 Å². The molecule has 0 spiro atoms. The van der Waals surface area contributed by atoms with Gasteiger partial charge in [0.15, 0.2) is 5.65 Å². The lowest BCUT2D eigenvalue weighted by Gasteiger charge is -2.44. The van der Waals surface area contributed by atoms with Gasteiger partial charge in [-0.15, -0.1) is 0 Å². The van der Waals surface area contributed by atoms with Crippen LogP contribution in [0.4, 0.5) is 5.82 Å². The smallest absolute Gasteiger partial charge is 0.349 e. The summed E-state index contributed by atoms with van der Waals surface area (Å²) < 4.78 is 1.64. The largest absolute Gasteiger partial charge is 0.355 e.